The van der Waals surface area contributed by atoms with Gasteiger partial charge >= 0.3 is 0 Å². The van der Waals surface area contributed by atoms with Crippen LogP contribution in [0.15, 0.2) is 55.0 Å². The molecule has 2 heterocycles. The van der Waals surface area contributed by atoms with Gasteiger partial charge in [0.05, 0.1) is 12.7 Å². The highest BCUT2D eigenvalue weighted by Gasteiger charge is 2.11. The number of imidazole rings is 1. The molecule has 3 rings (SSSR count). The third-order valence-electron chi connectivity index (χ3n) is 2.99. The first-order valence-electron chi connectivity index (χ1n) is 6.15. The molecule has 0 saturated heterocycles. The number of aromatic nitrogens is 2. The number of ether oxygens (including phenoxy) is 1. The zero-order chi connectivity index (χ0) is 13.9. The van der Waals surface area contributed by atoms with Crippen molar-refractivity contribution < 1.29 is 9.53 Å². The molecule has 5 nitrogen and oxygen atoms in total. The van der Waals surface area contributed by atoms with Gasteiger partial charge in [0.2, 0.25) is 0 Å². The molecule has 0 aliphatic carbocycles. The first-order chi connectivity index (χ1) is 9.78. The second kappa shape index (κ2) is 5.05. The summed E-state index contributed by atoms with van der Waals surface area (Å²) in [5.74, 6) is 0.497. The van der Waals surface area contributed by atoms with E-state index in [1.165, 1.54) is 0 Å². The monoisotopic (exact) mass is 267 g/mol. The molecule has 0 aliphatic heterocycles. The van der Waals surface area contributed by atoms with Crippen LogP contribution in [0.2, 0.25) is 0 Å². The van der Waals surface area contributed by atoms with Crippen LogP contribution in [0.1, 0.15) is 10.4 Å². The zero-order valence-electron chi connectivity index (χ0n) is 10.9. The number of benzene rings is 1. The molecule has 0 unspecified atom stereocenters. The number of pyridine rings is 1. The third kappa shape index (κ3) is 2.21. The maximum Gasteiger partial charge on any atom is 0.259 e. The number of amides is 1. The predicted molar refractivity (Wildman–Crippen MR) is 76.1 cm³/mol. The summed E-state index contributed by atoms with van der Waals surface area (Å²) in [5, 5.41) is 2.84. The molecule has 0 atom stereocenters. The second-order valence-corrected chi connectivity index (χ2v) is 4.27. The number of nitrogens with zero attached hydrogens (tertiary/aromatic N) is 2. The first kappa shape index (κ1) is 12.2. The molecule has 0 spiro atoms. The lowest BCUT2D eigenvalue weighted by Crippen LogP contribution is -2.13. The number of nitrogens with one attached hydrogen (secondary N) is 1. The van der Waals surface area contributed by atoms with Crippen LogP contribution in [0.3, 0.4) is 0 Å². The van der Waals surface area contributed by atoms with E-state index in [0.717, 1.165) is 0 Å². The fraction of sp³-hybridized carbons (Fsp3) is 0.0667. The molecule has 0 saturated carbocycles. The average Bonchev–Trinajstić information content (AvgIpc) is 2.95. The number of rotatable bonds is 3. The van der Waals surface area contributed by atoms with Gasteiger partial charge in [-0.3, -0.25) is 4.79 Å². The lowest BCUT2D eigenvalue weighted by atomic mass is 10.2. The van der Waals surface area contributed by atoms with Gasteiger partial charge in [0.1, 0.15) is 11.4 Å². The minimum Gasteiger partial charge on any atom is -0.497 e. The molecule has 1 N–H and O–H groups in total. The fourth-order valence-corrected chi connectivity index (χ4v) is 2.02. The summed E-state index contributed by atoms with van der Waals surface area (Å²) < 4.78 is 6.94. The lowest BCUT2D eigenvalue weighted by Gasteiger charge is -2.07. The number of carbonyl (C=O) groups is 1. The quantitative estimate of drug-likeness (QED) is 0.793. The van der Waals surface area contributed by atoms with Crippen LogP contribution in [-0.4, -0.2) is 22.4 Å². The molecule has 100 valence electrons. The standard InChI is InChI=1S/C15H13N3O2/c1-20-12-5-2-4-11(10-12)17-15(19)13-6-3-8-18-9-7-16-14(13)18/h2-10H,1H3,(H,17,19). The lowest BCUT2D eigenvalue weighted by molar-refractivity contribution is 0.102. The number of hydrogen-bond acceptors (Lipinski definition) is 3. The van der Waals surface area contributed by atoms with Gasteiger partial charge in [0.25, 0.3) is 5.91 Å². The summed E-state index contributed by atoms with van der Waals surface area (Å²) in [6.45, 7) is 0. The smallest absolute Gasteiger partial charge is 0.259 e. The van der Waals surface area contributed by atoms with E-state index >= 15 is 0 Å². The Balaban J connectivity index is 1.91. The number of carbonyl (C=O) groups excluding carboxylic acids is 1. The van der Waals surface area contributed by atoms with Gasteiger partial charge in [0.15, 0.2) is 0 Å². The summed E-state index contributed by atoms with van der Waals surface area (Å²) in [5.41, 5.74) is 1.84. The first-order valence-corrected chi connectivity index (χ1v) is 6.15. The van der Waals surface area contributed by atoms with Crippen LogP contribution in [0.4, 0.5) is 5.69 Å². The molecular formula is C15H13N3O2. The predicted octanol–water partition coefficient (Wildman–Crippen LogP) is 2.60. The Kier molecular flexibility index (Phi) is 3.09. The summed E-state index contributed by atoms with van der Waals surface area (Å²) >= 11 is 0. The Morgan fingerprint density at radius 1 is 1.25 bits per heavy atom. The van der Waals surface area contributed by atoms with Gasteiger partial charge < -0.3 is 14.5 Å². The van der Waals surface area contributed by atoms with E-state index in [1.807, 2.05) is 30.5 Å². The molecular weight excluding hydrogens is 254 g/mol. The zero-order valence-corrected chi connectivity index (χ0v) is 10.9. The van der Waals surface area contributed by atoms with Crippen LogP contribution in [-0.2, 0) is 0 Å². The largest absolute Gasteiger partial charge is 0.497 e. The summed E-state index contributed by atoms with van der Waals surface area (Å²) in [6, 6.07) is 10.8. The van der Waals surface area contributed by atoms with Gasteiger partial charge in [-0.2, -0.15) is 0 Å². The number of anilines is 1. The number of methoxy groups -OCH3 is 1. The van der Waals surface area contributed by atoms with E-state index in [1.54, 1.807) is 36.0 Å². The topological polar surface area (TPSA) is 55.6 Å². The van der Waals surface area contributed by atoms with E-state index in [0.29, 0.717) is 22.6 Å². The van der Waals surface area contributed by atoms with Crippen molar-refractivity contribution in [3.8, 4) is 5.75 Å². The average molecular weight is 267 g/mol. The Morgan fingerprint density at radius 2 is 2.15 bits per heavy atom. The van der Waals surface area contributed by atoms with E-state index in [-0.39, 0.29) is 5.91 Å². The molecule has 2 aromatic heterocycles. The van der Waals surface area contributed by atoms with Gasteiger partial charge in [-0.25, -0.2) is 4.98 Å². The summed E-state index contributed by atoms with van der Waals surface area (Å²) in [4.78, 5) is 16.5. The third-order valence-corrected chi connectivity index (χ3v) is 2.99. The van der Waals surface area contributed by atoms with Crippen molar-refractivity contribution in [2.45, 2.75) is 0 Å². The van der Waals surface area contributed by atoms with Crippen LogP contribution < -0.4 is 10.1 Å². The van der Waals surface area contributed by atoms with Crippen molar-refractivity contribution in [2.75, 3.05) is 12.4 Å². The van der Waals surface area contributed by atoms with Crippen molar-refractivity contribution in [1.82, 2.24) is 9.38 Å². The van der Waals surface area contributed by atoms with Crippen LogP contribution in [0.25, 0.3) is 5.65 Å². The minimum absolute atomic E-state index is 0.199. The van der Waals surface area contributed by atoms with Crippen LogP contribution in [0, 0.1) is 0 Å². The van der Waals surface area contributed by atoms with Crippen molar-refractivity contribution in [2.24, 2.45) is 0 Å². The molecule has 1 aromatic carbocycles. The molecule has 20 heavy (non-hydrogen) atoms. The van der Waals surface area contributed by atoms with Crippen molar-refractivity contribution in [3.05, 3.63) is 60.6 Å². The van der Waals surface area contributed by atoms with Crippen LogP contribution in [0.5, 0.6) is 5.75 Å². The highest BCUT2D eigenvalue weighted by Crippen LogP contribution is 2.18. The van der Waals surface area contributed by atoms with E-state index < -0.39 is 0 Å². The van der Waals surface area contributed by atoms with Crippen molar-refractivity contribution >= 4 is 17.2 Å². The van der Waals surface area contributed by atoms with Crippen molar-refractivity contribution in [1.29, 1.82) is 0 Å². The van der Waals surface area contributed by atoms with Crippen molar-refractivity contribution in [3.63, 3.8) is 0 Å². The van der Waals surface area contributed by atoms with Gasteiger partial charge in [-0.15, -0.1) is 0 Å². The summed E-state index contributed by atoms with van der Waals surface area (Å²) in [6.07, 6.45) is 5.32. The van der Waals surface area contributed by atoms with Gasteiger partial charge in [0, 0.05) is 30.3 Å². The van der Waals surface area contributed by atoms with Gasteiger partial charge in [-0.05, 0) is 24.3 Å². The number of hydrogen-bond donors (Lipinski definition) is 1. The highest BCUT2D eigenvalue weighted by atomic mass is 16.5. The fourth-order valence-electron chi connectivity index (χ4n) is 2.02. The number of fused-ring (bicyclic) bond motifs is 1. The molecule has 5 heteroatoms. The maximum atomic E-state index is 12.3. The minimum atomic E-state index is -0.199. The Bertz CT molecular complexity index is 764. The van der Waals surface area contributed by atoms with Gasteiger partial charge in [-0.1, -0.05) is 6.07 Å². The summed E-state index contributed by atoms with van der Waals surface area (Å²) in [7, 11) is 1.59. The Morgan fingerprint density at radius 3 is 3.00 bits per heavy atom. The molecule has 0 fully saturated rings. The van der Waals surface area contributed by atoms with E-state index in [9.17, 15) is 4.79 Å². The van der Waals surface area contributed by atoms with E-state index in [2.05, 4.69) is 10.3 Å². The normalized spacial score (nSPS) is 10.4. The second-order valence-electron chi connectivity index (χ2n) is 4.27. The Hall–Kier alpha value is -2.82. The molecule has 1 amide bonds. The molecule has 0 bridgehead atoms. The maximum absolute atomic E-state index is 12.3. The highest BCUT2D eigenvalue weighted by molar-refractivity contribution is 6.08. The molecule has 0 radical (unpaired) electrons. The SMILES string of the molecule is COc1cccc(NC(=O)c2cccn3ccnc23)c1. The van der Waals surface area contributed by atoms with E-state index in [4.69, 9.17) is 4.74 Å². The molecule has 3 aromatic rings. The molecule has 0 aliphatic rings. The van der Waals surface area contributed by atoms with Crippen LogP contribution >= 0.6 is 0 Å². The Labute approximate surface area is 115 Å².